The molecule has 2 heteroatoms. The fourth-order valence-corrected chi connectivity index (χ4v) is 2.79. The van der Waals surface area contributed by atoms with E-state index in [4.69, 9.17) is 4.74 Å². The molecule has 3 rings (SSSR count). The second kappa shape index (κ2) is 4.27. The molecule has 0 radical (unpaired) electrons. The van der Waals surface area contributed by atoms with E-state index in [1.807, 2.05) is 19.9 Å². The smallest absolute Gasteiger partial charge is 0.179 e. The first-order valence-corrected chi connectivity index (χ1v) is 6.81. The van der Waals surface area contributed by atoms with Crippen LogP contribution >= 0.6 is 0 Å². The van der Waals surface area contributed by atoms with E-state index in [0.29, 0.717) is 0 Å². The lowest BCUT2D eigenvalue weighted by atomic mass is 9.82. The number of ether oxygens (including phenoxy) is 1. The van der Waals surface area contributed by atoms with Crippen molar-refractivity contribution in [1.29, 1.82) is 0 Å². The summed E-state index contributed by atoms with van der Waals surface area (Å²) in [5.74, 6) is 12.8. The van der Waals surface area contributed by atoms with Crippen LogP contribution < -0.4 is 0 Å². The van der Waals surface area contributed by atoms with Crippen molar-refractivity contribution in [2.45, 2.75) is 44.8 Å². The number of fused-ring (bicyclic) bond motifs is 2. The van der Waals surface area contributed by atoms with Gasteiger partial charge in [-0.05, 0) is 44.8 Å². The first-order valence-electron chi connectivity index (χ1n) is 6.81. The standard InChI is InChI=1S/C17H18O2/c1-16(2)10-5-8-13-6-3-4-7-14(13)9-11-17(12-18)15(16)19-17/h7-8,15,18H,3-4,6,12H2,1-2H3/b13-8-/t15-,17-/m1/s1. The number of aliphatic hydroxyl groups is 1. The predicted molar refractivity (Wildman–Crippen MR) is 74.0 cm³/mol. The van der Waals surface area contributed by atoms with E-state index in [1.54, 1.807) is 0 Å². The predicted octanol–water partition coefficient (Wildman–Crippen LogP) is 2.20. The zero-order valence-corrected chi connectivity index (χ0v) is 11.4. The molecule has 2 aliphatic carbocycles. The molecule has 0 saturated carbocycles. The number of rotatable bonds is 1. The Hall–Kier alpha value is -1.48. The Bertz CT molecular complexity index is 586. The van der Waals surface area contributed by atoms with Crippen molar-refractivity contribution >= 4 is 0 Å². The van der Waals surface area contributed by atoms with Crippen LogP contribution in [-0.2, 0) is 4.74 Å². The highest BCUT2D eigenvalue weighted by atomic mass is 16.6. The Morgan fingerprint density at radius 2 is 2.26 bits per heavy atom. The molecule has 0 unspecified atom stereocenters. The molecular weight excluding hydrogens is 236 g/mol. The molecule has 1 aliphatic heterocycles. The van der Waals surface area contributed by atoms with E-state index in [0.717, 1.165) is 24.8 Å². The van der Waals surface area contributed by atoms with Crippen LogP contribution in [0, 0.1) is 29.1 Å². The van der Waals surface area contributed by atoms with Gasteiger partial charge in [0.15, 0.2) is 5.60 Å². The molecule has 0 aromatic carbocycles. The minimum atomic E-state index is -0.709. The lowest BCUT2D eigenvalue weighted by Gasteiger charge is -2.17. The molecule has 0 spiro atoms. The number of allylic oxidation sites excluding steroid dienone is 4. The van der Waals surface area contributed by atoms with Gasteiger partial charge in [0.05, 0.1) is 12.0 Å². The SMILES string of the molecule is CC1(C)C#C/C=C2/CCCC=C2C#C[C@]2(CO)O[C@H]12. The first-order chi connectivity index (χ1) is 9.07. The zero-order valence-electron chi connectivity index (χ0n) is 11.4. The fourth-order valence-electron chi connectivity index (χ4n) is 2.79. The van der Waals surface area contributed by atoms with Gasteiger partial charge in [-0.15, -0.1) is 0 Å². The number of aliphatic hydroxyl groups excluding tert-OH is 1. The largest absolute Gasteiger partial charge is 0.392 e. The van der Waals surface area contributed by atoms with E-state index in [-0.39, 0.29) is 18.1 Å². The molecule has 2 nitrogen and oxygen atoms in total. The second-order valence-corrected chi connectivity index (χ2v) is 5.97. The molecule has 0 bridgehead atoms. The summed E-state index contributed by atoms with van der Waals surface area (Å²) >= 11 is 0. The number of epoxide rings is 1. The molecule has 1 N–H and O–H groups in total. The van der Waals surface area contributed by atoms with Gasteiger partial charge >= 0.3 is 0 Å². The van der Waals surface area contributed by atoms with Crippen molar-refractivity contribution in [1.82, 2.24) is 0 Å². The summed E-state index contributed by atoms with van der Waals surface area (Å²) in [6.07, 6.45) is 7.31. The Morgan fingerprint density at radius 3 is 3.05 bits per heavy atom. The molecule has 1 heterocycles. The third kappa shape index (κ3) is 2.12. The van der Waals surface area contributed by atoms with Gasteiger partial charge in [-0.2, -0.15) is 0 Å². The average molecular weight is 254 g/mol. The van der Waals surface area contributed by atoms with Gasteiger partial charge in [0.2, 0.25) is 0 Å². The lowest BCUT2D eigenvalue weighted by Crippen LogP contribution is -2.28. The van der Waals surface area contributed by atoms with E-state index >= 15 is 0 Å². The highest BCUT2D eigenvalue weighted by Crippen LogP contribution is 2.47. The van der Waals surface area contributed by atoms with Crippen LogP contribution in [0.1, 0.15) is 33.1 Å². The van der Waals surface area contributed by atoms with Gasteiger partial charge in [0.1, 0.15) is 6.10 Å². The van der Waals surface area contributed by atoms with E-state index < -0.39 is 5.60 Å². The minimum absolute atomic E-state index is 0.0674. The monoisotopic (exact) mass is 254 g/mol. The minimum Gasteiger partial charge on any atom is -0.392 e. The summed E-state index contributed by atoms with van der Waals surface area (Å²) in [4.78, 5) is 0. The van der Waals surface area contributed by atoms with Crippen LogP contribution in [0.5, 0.6) is 0 Å². The Kier molecular flexibility index (Phi) is 2.82. The second-order valence-electron chi connectivity index (χ2n) is 5.97. The number of hydrogen-bond acceptors (Lipinski definition) is 2. The topological polar surface area (TPSA) is 32.8 Å². The van der Waals surface area contributed by atoms with Crippen LogP contribution in [0.4, 0.5) is 0 Å². The van der Waals surface area contributed by atoms with Gasteiger partial charge in [0.25, 0.3) is 0 Å². The summed E-state index contributed by atoms with van der Waals surface area (Å²) < 4.78 is 5.70. The van der Waals surface area contributed by atoms with Crippen molar-refractivity contribution in [2.24, 2.45) is 5.41 Å². The number of hydrogen-bond donors (Lipinski definition) is 1. The molecule has 19 heavy (non-hydrogen) atoms. The maximum atomic E-state index is 9.59. The van der Waals surface area contributed by atoms with E-state index in [1.165, 1.54) is 5.57 Å². The van der Waals surface area contributed by atoms with Crippen molar-refractivity contribution in [3.63, 3.8) is 0 Å². The van der Waals surface area contributed by atoms with Crippen LogP contribution in [0.3, 0.4) is 0 Å². The quantitative estimate of drug-likeness (QED) is 0.575. The van der Waals surface area contributed by atoms with Crippen molar-refractivity contribution in [3.8, 4) is 23.7 Å². The van der Waals surface area contributed by atoms with Gasteiger partial charge in [-0.25, -0.2) is 0 Å². The van der Waals surface area contributed by atoms with E-state index in [2.05, 4.69) is 29.8 Å². The van der Waals surface area contributed by atoms with Gasteiger partial charge in [-0.1, -0.05) is 29.8 Å². The third-order valence-corrected chi connectivity index (χ3v) is 3.98. The summed E-state index contributed by atoms with van der Waals surface area (Å²) in [5.41, 5.74) is 1.28. The van der Waals surface area contributed by atoms with Gasteiger partial charge in [-0.3, -0.25) is 0 Å². The van der Waals surface area contributed by atoms with E-state index in [9.17, 15) is 5.11 Å². The van der Waals surface area contributed by atoms with Crippen LogP contribution in [-0.4, -0.2) is 23.4 Å². The Balaban J connectivity index is 2.07. The third-order valence-electron chi connectivity index (χ3n) is 3.98. The summed E-state index contributed by atoms with van der Waals surface area (Å²) in [6, 6.07) is 0. The molecule has 3 aliphatic rings. The molecule has 0 aromatic heterocycles. The van der Waals surface area contributed by atoms with Crippen molar-refractivity contribution in [3.05, 3.63) is 23.3 Å². The Labute approximate surface area is 114 Å². The maximum absolute atomic E-state index is 9.59. The normalized spacial score (nSPS) is 36.9. The maximum Gasteiger partial charge on any atom is 0.179 e. The molecule has 1 saturated heterocycles. The molecule has 0 aromatic rings. The molecule has 2 atom stereocenters. The first kappa shape index (κ1) is 12.5. The summed E-state index contributed by atoms with van der Waals surface area (Å²) in [7, 11) is 0. The molecule has 0 amide bonds. The summed E-state index contributed by atoms with van der Waals surface area (Å²) in [6.45, 7) is 4.02. The highest BCUT2D eigenvalue weighted by Gasteiger charge is 2.62. The average Bonchev–Trinajstić information content (AvgIpc) is 3.13. The van der Waals surface area contributed by atoms with Crippen molar-refractivity contribution in [2.75, 3.05) is 6.61 Å². The van der Waals surface area contributed by atoms with Gasteiger partial charge < -0.3 is 9.84 Å². The molecular formula is C17H18O2. The molecule has 1 fully saturated rings. The van der Waals surface area contributed by atoms with Crippen molar-refractivity contribution < 1.29 is 9.84 Å². The van der Waals surface area contributed by atoms with Gasteiger partial charge in [0, 0.05) is 5.57 Å². The zero-order chi connectivity index (χ0) is 13.5. The fraction of sp³-hybridized carbons (Fsp3) is 0.529. The highest BCUT2D eigenvalue weighted by molar-refractivity contribution is 5.52. The van der Waals surface area contributed by atoms with Crippen LogP contribution in [0.15, 0.2) is 23.3 Å². The van der Waals surface area contributed by atoms with Crippen LogP contribution in [0.2, 0.25) is 0 Å². The summed E-state index contributed by atoms with van der Waals surface area (Å²) in [5, 5.41) is 9.59. The Morgan fingerprint density at radius 1 is 1.42 bits per heavy atom. The molecule has 98 valence electrons. The lowest BCUT2D eigenvalue weighted by molar-refractivity contribution is 0.205. The van der Waals surface area contributed by atoms with Crippen LogP contribution in [0.25, 0.3) is 0 Å².